The Morgan fingerprint density at radius 3 is 1.67 bits per heavy atom. The maximum Gasteiger partial charge on any atom is 0.269 e. The molecule has 0 aliphatic rings. The molecule has 0 aliphatic heterocycles. The van der Waals surface area contributed by atoms with Gasteiger partial charge >= 0.3 is 0 Å². The first-order chi connectivity index (χ1) is 14.1. The first kappa shape index (κ1) is 23.7. The maximum atomic E-state index is 10.6. The van der Waals surface area contributed by atoms with E-state index >= 15 is 0 Å². The fourth-order valence-corrected chi connectivity index (χ4v) is 3.63. The van der Waals surface area contributed by atoms with Crippen LogP contribution in [0.5, 0.6) is 11.5 Å². The third kappa shape index (κ3) is 8.03. The fourth-order valence-electron chi connectivity index (χ4n) is 3.63. The second-order valence-electron chi connectivity index (χ2n) is 9.21. The number of nitro benzene ring substituents is 1. The quantitative estimate of drug-likeness (QED) is 0.264. The fraction of sp³-hybridized carbons (Fsp3) is 0.500. The van der Waals surface area contributed by atoms with Crippen molar-refractivity contribution in [1.29, 1.82) is 0 Å². The largest absolute Gasteiger partial charge is 0.491 e. The van der Waals surface area contributed by atoms with Crippen LogP contribution in [0.3, 0.4) is 0 Å². The lowest BCUT2D eigenvalue weighted by Crippen LogP contribution is -2.24. The Hall–Kier alpha value is -2.60. The molecule has 6 heteroatoms. The first-order valence-electron chi connectivity index (χ1n) is 10.3. The minimum absolute atomic E-state index is 0.0431. The molecule has 0 amide bonds. The van der Waals surface area contributed by atoms with Crippen molar-refractivity contribution < 1.29 is 19.1 Å². The Bertz CT molecular complexity index is 792. The van der Waals surface area contributed by atoms with Crippen molar-refractivity contribution in [3.8, 4) is 11.5 Å². The van der Waals surface area contributed by atoms with Crippen molar-refractivity contribution in [1.82, 2.24) is 0 Å². The molecular formula is C24H33NO5. The number of hydrogen-bond donors (Lipinski definition) is 0. The standard InChI is InChI=1S/C24H33NO5/c1-23(2,3)18-24(4,5)19-6-10-21(11-7-19)29-16-14-28-15-17-30-22-12-8-20(9-13-22)25(26)27/h6-13H,14-18H2,1-5H3. The molecule has 30 heavy (non-hydrogen) atoms. The summed E-state index contributed by atoms with van der Waals surface area (Å²) in [4.78, 5) is 10.2. The van der Waals surface area contributed by atoms with E-state index < -0.39 is 4.92 Å². The van der Waals surface area contributed by atoms with Crippen molar-refractivity contribution in [2.45, 2.75) is 46.5 Å². The number of hydrogen-bond acceptors (Lipinski definition) is 5. The van der Waals surface area contributed by atoms with E-state index in [2.05, 4.69) is 46.8 Å². The van der Waals surface area contributed by atoms with Gasteiger partial charge < -0.3 is 14.2 Å². The number of ether oxygens (including phenoxy) is 3. The summed E-state index contributed by atoms with van der Waals surface area (Å²) in [6.07, 6.45) is 1.11. The molecule has 0 heterocycles. The summed E-state index contributed by atoms with van der Waals surface area (Å²) in [5, 5.41) is 10.6. The highest BCUT2D eigenvalue weighted by molar-refractivity contribution is 5.36. The molecule has 2 aromatic carbocycles. The van der Waals surface area contributed by atoms with Crippen LogP contribution < -0.4 is 9.47 Å². The van der Waals surface area contributed by atoms with E-state index in [0.717, 1.165) is 12.2 Å². The van der Waals surface area contributed by atoms with E-state index in [0.29, 0.717) is 32.2 Å². The summed E-state index contributed by atoms with van der Waals surface area (Å²) in [6, 6.07) is 14.3. The van der Waals surface area contributed by atoms with Crippen molar-refractivity contribution in [3.63, 3.8) is 0 Å². The van der Waals surface area contributed by atoms with Crippen LogP contribution in [-0.4, -0.2) is 31.4 Å². The molecule has 2 rings (SSSR count). The second kappa shape index (κ2) is 10.4. The molecule has 0 aromatic heterocycles. The first-order valence-corrected chi connectivity index (χ1v) is 10.3. The highest BCUT2D eigenvalue weighted by Gasteiger charge is 2.27. The topological polar surface area (TPSA) is 70.8 Å². The second-order valence-corrected chi connectivity index (χ2v) is 9.21. The van der Waals surface area contributed by atoms with Gasteiger partial charge in [0, 0.05) is 12.1 Å². The minimum Gasteiger partial charge on any atom is -0.491 e. The van der Waals surface area contributed by atoms with Gasteiger partial charge in [-0.05, 0) is 47.1 Å². The van der Waals surface area contributed by atoms with Gasteiger partial charge in [-0.2, -0.15) is 0 Å². The van der Waals surface area contributed by atoms with Gasteiger partial charge in [0.05, 0.1) is 18.1 Å². The summed E-state index contributed by atoms with van der Waals surface area (Å²) in [5.74, 6) is 1.41. The maximum absolute atomic E-state index is 10.6. The molecule has 0 saturated carbocycles. The number of benzene rings is 2. The van der Waals surface area contributed by atoms with Crippen molar-refractivity contribution in [2.75, 3.05) is 26.4 Å². The zero-order valence-corrected chi connectivity index (χ0v) is 18.6. The van der Waals surface area contributed by atoms with Gasteiger partial charge in [0.15, 0.2) is 0 Å². The summed E-state index contributed by atoms with van der Waals surface area (Å²) < 4.78 is 16.8. The van der Waals surface area contributed by atoms with Crippen LogP contribution >= 0.6 is 0 Å². The number of rotatable bonds is 11. The lowest BCUT2D eigenvalue weighted by Gasteiger charge is -2.33. The number of nitrogens with zero attached hydrogens (tertiary/aromatic N) is 1. The third-order valence-electron chi connectivity index (χ3n) is 4.65. The summed E-state index contributed by atoms with van der Waals surface area (Å²) in [6.45, 7) is 13.1. The Morgan fingerprint density at radius 2 is 1.23 bits per heavy atom. The predicted molar refractivity (Wildman–Crippen MR) is 118 cm³/mol. The van der Waals surface area contributed by atoms with Crippen LogP contribution in [0.25, 0.3) is 0 Å². The third-order valence-corrected chi connectivity index (χ3v) is 4.65. The van der Waals surface area contributed by atoms with Gasteiger partial charge in [-0.1, -0.05) is 46.8 Å². The van der Waals surface area contributed by atoms with Gasteiger partial charge in [-0.25, -0.2) is 0 Å². The van der Waals surface area contributed by atoms with E-state index in [1.54, 1.807) is 12.1 Å². The molecule has 0 saturated heterocycles. The molecule has 0 unspecified atom stereocenters. The average Bonchev–Trinajstić information content (AvgIpc) is 2.66. The van der Waals surface area contributed by atoms with Crippen molar-refractivity contribution in [3.05, 3.63) is 64.2 Å². The molecule has 0 fully saturated rings. The summed E-state index contributed by atoms with van der Waals surface area (Å²) >= 11 is 0. The van der Waals surface area contributed by atoms with Crippen molar-refractivity contribution >= 4 is 5.69 Å². The highest BCUT2D eigenvalue weighted by atomic mass is 16.6. The highest BCUT2D eigenvalue weighted by Crippen LogP contribution is 2.36. The lowest BCUT2D eigenvalue weighted by molar-refractivity contribution is -0.384. The molecule has 6 nitrogen and oxygen atoms in total. The van der Waals surface area contributed by atoms with Crippen LogP contribution in [0.2, 0.25) is 0 Å². The Labute approximate surface area is 179 Å². The lowest BCUT2D eigenvalue weighted by atomic mass is 9.72. The molecule has 164 valence electrons. The van der Waals surface area contributed by atoms with Gasteiger partial charge in [0.2, 0.25) is 0 Å². The molecule has 0 spiro atoms. The van der Waals surface area contributed by atoms with Gasteiger partial charge in [-0.15, -0.1) is 0 Å². The van der Waals surface area contributed by atoms with E-state index in [1.807, 2.05) is 12.1 Å². The minimum atomic E-state index is -0.437. The molecular weight excluding hydrogens is 382 g/mol. The van der Waals surface area contributed by atoms with Crippen LogP contribution in [0.15, 0.2) is 48.5 Å². The molecule has 0 aliphatic carbocycles. The Morgan fingerprint density at radius 1 is 0.767 bits per heavy atom. The molecule has 0 radical (unpaired) electrons. The zero-order valence-electron chi connectivity index (χ0n) is 18.6. The van der Waals surface area contributed by atoms with Crippen molar-refractivity contribution in [2.24, 2.45) is 5.41 Å². The monoisotopic (exact) mass is 415 g/mol. The van der Waals surface area contributed by atoms with E-state index in [-0.39, 0.29) is 16.5 Å². The van der Waals surface area contributed by atoms with E-state index in [1.165, 1.54) is 17.7 Å². The van der Waals surface area contributed by atoms with Gasteiger partial charge in [0.1, 0.15) is 24.7 Å². The Kier molecular flexibility index (Phi) is 8.24. The molecule has 2 aromatic rings. The summed E-state index contributed by atoms with van der Waals surface area (Å²) in [5.41, 5.74) is 1.74. The summed E-state index contributed by atoms with van der Waals surface area (Å²) in [7, 11) is 0. The SMILES string of the molecule is CC(C)(C)CC(C)(C)c1ccc(OCCOCCOc2ccc([N+](=O)[O-])cc2)cc1. The van der Waals surface area contributed by atoms with E-state index in [4.69, 9.17) is 14.2 Å². The zero-order chi connectivity index (χ0) is 22.2. The molecule has 0 N–H and O–H groups in total. The van der Waals surface area contributed by atoms with Gasteiger partial charge in [0.25, 0.3) is 5.69 Å². The predicted octanol–water partition coefficient (Wildman–Crippen LogP) is 5.78. The van der Waals surface area contributed by atoms with Crippen LogP contribution in [0, 0.1) is 15.5 Å². The molecule has 0 bridgehead atoms. The van der Waals surface area contributed by atoms with Gasteiger partial charge in [-0.3, -0.25) is 10.1 Å². The Balaban J connectivity index is 1.64. The molecule has 0 atom stereocenters. The van der Waals surface area contributed by atoms with Crippen LogP contribution in [-0.2, 0) is 10.2 Å². The van der Waals surface area contributed by atoms with Crippen LogP contribution in [0.4, 0.5) is 5.69 Å². The number of non-ortho nitro benzene ring substituents is 1. The van der Waals surface area contributed by atoms with Crippen LogP contribution in [0.1, 0.15) is 46.6 Å². The van der Waals surface area contributed by atoms with E-state index in [9.17, 15) is 10.1 Å². The number of nitro groups is 1. The smallest absolute Gasteiger partial charge is 0.269 e. The normalized spacial score (nSPS) is 11.9. The average molecular weight is 416 g/mol.